The van der Waals surface area contributed by atoms with Crippen molar-refractivity contribution in [2.45, 2.75) is 32.1 Å². The van der Waals surface area contributed by atoms with Crippen molar-refractivity contribution in [1.29, 1.82) is 0 Å². The lowest BCUT2D eigenvalue weighted by Gasteiger charge is -2.29. The highest BCUT2D eigenvalue weighted by molar-refractivity contribution is 6.70. The molecular formula is C13H24O2Si2. The minimum Gasteiger partial charge on any atom is -0.397 e. The van der Waals surface area contributed by atoms with Gasteiger partial charge in [0, 0.05) is 19.8 Å². The minimum atomic E-state index is -2.07. The molecule has 0 aliphatic rings. The summed E-state index contributed by atoms with van der Waals surface area (Å²) in [5.74, 6) is 0. The van der Waals surface area contributed by atoms with Gasteiger partial charge in [-0.3, -0.25) is 0 Å². The zero-order chi connectivity index (χ0) is 13.1. The second kappa shape index (κ2) is 5.95. The van der Waals surface area contributed by atoms with Crippen LogP contribution in [0.1, 0.15) is 18.0 Å². The van der Waals surface area contributed by atoms with E-state index < -0.39 is 17.4 Å². The summed E-state index contributed by atoms with van der Waals surface area (Å²) in [6, 6.07) is 9.00. The largest absolute Gasteiger partial charge is 0.397 e. The van der Waals surface area contributed by atoms with Crippen LogP contribution in [0.15, 0.2) is 24.3 Å². The van der Waals surface area contributed by atoms with E-state index >= 15 is 0 Å². The van der Waals surface area contributed by atoms with Crippen LogP contribution in [0.4, 0.5) is 0 Å². The van der Waals surface area contributed by atoms with Crippen molar-refractivity contribution in [2.75, 3.05) is 14.2 Å². The van der Waals surface area contributed by atoms with Crippen molar-refractivity contribution < 1.29 is 8.85 Å². The standard InChI is InChI=1S/C13H24O2Si2/c1-11(17(6,14-2)15-3)12-7-9-13(10-8-12)16(4)5/h7-11,16H,1-6H3. The fourth-order valence-corrected chi connectivity index (χ4v) is 4.54. The summed E-state index contributed by atoms with van der Waals surface area (Å²) >= 11 is 0. The van der Waals surface area contributed by atoms with E-state index in [0.717, 1.165) is 0 Å². The smallest absolute Gasteiger partial charge is 0.341 e. The molecule has 17 heavy (non-hydrogen) atoms. The monoisotopic (exact) mass is 268 g/mol. The molecule has 1 rings (SSSR count). The SMILES string of the molecule is CO[Si](C)(OC)C(C)c1ccc([SiH](C)C)cc1. The van der Waals surface area contributed by atoms with Crippen LogP contribution in [0.3, 0.4) is 0 Å². The van der Waals surface area contributed by atoms with Gasteiger partial charge in [0.05, 0.1) is 8.80 Å². The van der Waals surface area contributed by atoms with E-state index in [-0.39, 0.29) is 0 Å². The molecule has 0 spiro atoms. The molecular weight excluding hydrogens is 244 g/mol. The molecule has 0 N–H and O–H groups in total. The molecule has 96 valence electrons. The summed E-state index contributed by atoms with van der Waals surface area (Å²) in [4.78, 5) is 0. The Hall–Kier alpha value is -0.426. The first-order valence-corrected chi connectivity index (χ1v) is 11.4. The molecule has 2 nitrogen and oxygen atoms in total. The Bertz CT molecular complexity index is 345. The number of hydrogen-bond acceptors (Lipinski definition) is 2. The van der Waals surface area contributed by atoms with Crippen LogP contribution in [-0.2, 0) is 8.85 Å². The molecule has 1 aromatic carbocycles. The first-order valence-electron chi connectivity index (χ1n) is 6.14. The van der Waals surface area contributed by atoms with E-state index in [1.165, 1.54) is 10.8 Å². The maximum Gasteiger partial charge on any atom is 0.341 e. The predicted molar refractivity (Wildman–Crippen MR) is 79.0 cm³/mol. The van der Waals surface area contributed by atoms with Gasteiger partial charge in [-0.1, -0.05) is 49.5 Å². The van der Waals surface area contributed by atoms with E-state index in [4.69, 9.17) is 8.85 Å². The van der Waals surface area contributed by atoms with Crippen molar-refractivity contribution in [1.82, 2.24) is 0 Å². The van der Waals surface area contributed by atoms with Crippen molar-refractivity contribution in [3.8, 4) is 0 Å². The van der Waals surface area contributed by atoms with Gasteiger partial charge < -0.3 is 8.85 Å². The van der Waals surface area contributed by atoms with E-state index in [1.807, 2.05) is 0 Å². The fraction of sp³-hybridized carbons (Fsp3) is 0.538. The molecule has 0 aromatic heterocycles. The Labute approximate surface area is 108 Å². The average molecular weight is 269 g/mol. The third kappa shape index (κ3) is 3.28. The Balaban J connectivity index is 2.93. The summed E-state index contributed by atoms with van der Waals surface area (Å²) in [5, 5.41) is 1.51. The van der Waals surface area contributed by atoms with Crippen LogP contribution < -0.4 is 5.19 Å². The normalized spacial score (nSPS) is 14.1. The summed E-state index contributed by atoms with van der Waals surface area (Å²) in [5.41, 5.74) is 1.67. The molecule has 0 aliphatic carbocycles. The second-order valence-corrected chi connectivity index (χ2v) is 11.7. The average Bonchev–Trinajstić information content (AvgIpc) is 2.37. The minimum absolute atomic E-state index is 0.348. The van der Waals surface area contributed by atoms with Crippen LogP contribution in [0.5, 0.6) is 0 Å². The van der Waals surface area contributed by atoms with E-state index in [2.05, 4.69) is 50.8 Å². The lowest BCUT2D eigenvalue weighted by molar-refractivity contribution is 0.240. The maximum absolute atomic E-state index is 5.61. The van der Waals surface area contributed by atoms with Crippen molar-refractivity contribution in [3.63, 3.8) is 0 Å². The van der Waals surface area contributed by atoms with Gasteiger partial charge in [-0.15, -0.1) is 0 Å². The topological polar surface area (TPSA) is 18.5 Å². The van der Waals surface area contributed by atoms with Gasteiger partial charge in [0.2, 0.25) is 0 Å². The molecule has 1 unspecified atom stereocenters. The highest BCUT2D eigenvalue weighted by Gasteiger charge is 2.37. The van der Waals surface area contributed by atoms with Gasteiger partial charge >= 0.3 is 8.56 Å². The van der Waals surface area contributed by atoms with Gasteiger partial charge in [-0.25, -0.2) is 0 Å². The zero-order valence-electron chi connectivity index (χ0n) is 11.8. The van der Waals surface area contributed by atoms with Crippen LogP contribution in [0, 0.1) is 0 Å². The third-order valence-electron chi connectivity index (χ3n) is 3.70. The fourth-order valence-electron chi connectivity index (χ4n) is 1.91. The second-order valence-electron chi connectivity index (χ2n) is 4.97. The molecule has 0 radical (unpaired) electrons. The molecule has 1 aromatic rings. The van der Waals surface area contributed by atoms with Gasteiger partial charge in [0.15, 0.2) is 0 Å². The van der Waals surface area contributed by atoms with Crippen molar-refractivity contribution >= 4 is 22.5 Å². The lowest BCUT2D eigenvalue weighted by atomic mass is 10.2. The Morgan fingerprint density at radius 3 is 1.88 bits per heavy atom. The first-order chi connectivity index (χ1) is 7.94. The highest BCUT2D eigenvalue weighted by Crippen LogP contribution is 2.26. The van der Waals surface area contributed by atoms with Crippen molar-refractivity contribution in [2.24, 2.45) is 0 Å². The van der Waals surface area contributed by atoms with Crippen LogP contribution >= 0.6 is 0 Å². The Kier molecular flexibility index (Phi) is 5.12. The number of benzene rings is 1. The molecule has 0 fully saturated rings. The Morgan fingerprint density at radius 2 is 1.53 bits per heavy atom. The molecule has 1 atom stereocenters. The van der Waals surface area contributed by atoms with Crippen molar-refractivity contribution in [3.05, 3.63) is 29.8 Å². The molecule has 4 heteroatoms. The molecule has 0 heterocycles. The predicted octanol–water partition coefficient (Wildman–Crippen LogP) is 2.39. The highest BCUT2D eigenvalue weighted by atomic mass is 28.4. The summed E-state index contributed by atoms with van der Waals surface area (Å²) < 4.78 is 11.2. The molecule has 0 amide bonds. The Morgan fingerprint density at radius 1 is 1.06 bits per heavy atom. The zero-order valence-corrected chi connectivity index (χ0v) is 13.9. The van der Waals surface area contributed by atoms with Crippen LogP contribution in [-0.4, -0.2) is 31.6 Å². The van der Waals surface area contributed by atoms with Gasteiger partial charge in [0.1, 0.15) is 0 Å². The summed E-state index contributed by atoms with van der Waals surface area (Å²) in [7, 11) is 0.740. The molecule has 0 bridgehead atoms. The summed E-state index contributed by atoms with van der Waals surface area (Å²) in [6.07, 6.45) is 0. The van der Waals surface area contributed by atoms with Gasteiger partial charge in [0.25, 0.3) is 0 Å². The molecule has 0 aliphatic heterocycles. The number of rotatable bonds is 5. The maximum atomic E-state index is 5.61. The van der Waals surface area contributed by atoms with Gasteiger partial charge in [-0.05, 0) is 12.1 Å². The first kappa shape index (κ1) is 14.6. The van der Waals surface area contributed by atoms with Gasteiger partial charge in [-0.2, -0.15) is 0 Å². The van der Waals surface area contributed by atoms with Crippen LogP contribution in [0.25, 0.3) is 0 Å². The number of hydrogen-bond donors (Lipinski definition) is 0. The van der Waals surface area contributed by atoms with E-state index in [9.17, 15) is 0 Å². The molecule has 0 saturated heterocycles. The van der Waals surface area contributed by atoms with Crippen LogP contribution in [0.2, 0.25) is 19.6 Å². The molecule has 0 saturated carbocycles. The van der Waals surface area contributed by atoms with E-state index in [0.29, 0.717) is 5.54 Å². The lowest BCUT2D eigenvalue weighted by Crippen LogP contribution is -2.42. The quantitative estimate of drug-likeness (QED) is 0.764. The summed E-state index contributed by atoms with van der Waals surface area (Å²) in [6.45, 7) is 9.01. The van der Waals surface area contributed by atoms with E-state index in [1.54, 1.807) is 14.2 Å². The third-order valence-corrected chi connectivity index (χ3v) is 8.95.